The molecule has 0 bridgehead atoms. The van der Waals surface area contributed by atoms with E-state index >= 15 is 0 Å². The zero-order valence-corrected chi connectivity index (χ0v) is 16.3. The topological polar surface area (TPSA) is 42.1 Å². The van der Waals surface area contributed by atoms with Crippen LogP contribution in [0.3, 0.4) is 0 Å². The highest BCUT2D eigenvalue weighted by Gasteiger charge is 2.26. The average Bonchev–Trinajstić information content (AvgIpc) is 3.12. The number of hydrogen-bond donors (Lipinski definition) is 1. The molecule has 27 heavy (non-hydrogen) atoms. The summed E-state index contributed by atoms with van der Waals surface area (Å²) in [6, 6.07) is 17.7. The van der Waals surface area contributed by atoms with Crippen molar-refractivity contribution < 1.29 is 0 Å². The van der Waals surface area contributed by atoms with Crippen molar-refractivity contribution in [2.75, 3.05) is 18.0 Å². The smallest absolute Gasteiger partial charge is 0.0726 e. The molecule has 1 saturated heterocycles. The van der Waals surface area contributed by atoms with Gasteiger partial charge in [0.25, 0.3) is 0 Å². The first-order valence-electron chi connectivity index (χ1n) is 9.81. The number of benzene rings is 2. The quantitative estimate of drug-likeness (QED) is 0.699. The average molecular weight is 380 g/mol. The Bertz CT molecular complexity index is 955. The SMILES string of the molecule is Cl.N[C@H]1CCN(c2c3c(nc4ccc(-c5ccccc5)cc24)CCCC3)C1. The van der Waals surface area contributed by atoms with Crippen LogP contribution < -0.4 is 10.6 Å². The molecule has 0 amide bonds. The summed E-state index contributed by atoms with van der Waals surface area (Å²) in [4.78, 5) is 7.57. The van der Waals surface area contributed by atoms with Crippen LogP contribution in [0.1, 0.15) is 30.5 Å². The predicted molar refractivity (Wildman–Crippen MR) is 116 cm³/mol. The molecule has 3 nitrogen and oxygen atoms in total. The second-order valence-corrected chi connectivity index (χ2v) is 7.69. The minimum Gasteiger partial charge on any atom is -0.369 e. The maximum absolute atomic E-state index is 6.25. The molecule has 4 heteroatoms. The van der Waals surface area contributed by atoms with Gasteiger partial charge in [0.2, 0.25) is 0 Å². The summed E-state index contributed by atoms with van der Waals surface area (Å²) in [5.74, 6) is 0. The number of hydrogen-bond acceptors (Lipinski definition) is 3. The van der Waals surface area contributed by atoms with Crippen molar-refractivity contribution in [1.29, 1.82) is 0 Å². The first kappa shape index (κ1) is 18.3. The van der Waals surface area contributed by atoms with E-state index in [0.29, 0.717) is 0 Å². The fourth-order valence-corrected chi connectivity index (χ4v) is 4.56. The molecular weight excluding hydrogens is 354 g/mol. The van der Waals surface area contributed by atoms with Gasteiger partial charge in [0.15, 0.2) is 0 Å². The third-order valence-electron chi connectivity index (χ3n) is 5.88. The summed E-state index contributed by atoms with van der Waals surface area (Å²) in [6.45, 7) is 2.02. The van der Waals surface area contributed by atoms with Gasteiger partial charge in [-0.15, -0.1) is 12.4 Å². The van der Waals surface area contributed by atoms with Gasteiger partial charge in [0.1, 0.15) is 0 Å². The summed E-state index contributed by atoms with van der Waals surface area (Å²) in [5, 5.41) is 1.29. The minimum atomic E-state index is 0. The van der Waals surface area contributed by atoms with E-state index in [1.165, 1.54) is 46.3 Å². The summed E-state index contributed by atoms with van der Waals surface area (Å²) >= 11 is 0. The molecule has 2 aromatic carbocycles. The first-order valence-corrected chi connectivity index (χ1v) is 9.81. The molecule has 140 valence electrons. The molecule has 1 atom stereocenters. The van der Waals surface area contributed by atoms with Crippen LogP contribution in [0.15, 0.2) is 48.5 Å². The van der Waals surface area contributed by atoms with Crippen molar-refractivity contribution in [2.45, 2.75) is 38.1 Å². The number of anilines is 1. The van der Waals surface area contributed by atoms with Crippen molar-refractivity contribution in [1.82, 2.24) is 4.98 Å². The molecule has 0 saturated carbocycles. The van der Waals surface area contributed by atoms with E-state index in [1.807, 2.05) is 0 Å². The highest BCUT2D eigenvalue weighted by Crippen LogP contribution is 2.38. The van der Waals surface area contributed by atoms with E-state index in [2.05, 4.69) is 53.4 Å². The lowest BCUT2D eigenvalue weighted by atomic mass is 9.91. The van der Waals surface area contributed by atoms with E-state index < -0.39 is 0 Å². The zero-order valence-electron chi connectivity index (χ0n) is 15.5. The van der Waals surface area contributed by atoms with E-state index in [9.17, 15) is 0 Å². The number of fused-ring (bicyclic) bond motifs is 2. The summed E-state index contributed by atoms with van der Waals surface area (Å²) in [5.41, 5.74) is 14.1. The van der Waals surface area contributed by atoms with Crippen LogP contribution in [0.2, 0.25) is 0 Å². The second kappa shape index (κ2) is 7.49. The fourth-order valence-electron chi connectivity index (χ4n) is 4.56. The Balaban J connectivity index is 0.00000180. The van der Waals surface area contributed by atoms with E-state index in [1.54, 1.807) is 0 Å². The van der Waals surface area contributed by atoms with Crippen molar-refractivity contribution in [3.05, 3.63) is 59.8 Å². The van der Waals surface area contributed by atoms with Gasteiger partial charge in [0, 0.05) is 30.2 Å². The Labute approximate surface area is 167 Å². The molecule has 0 spiro atoms. The Morgan fingerprint density at radius 1 is 0.963 bits per heavy atom. The minimum absolute atomic E-state index is 0. The molecule has 1 aliphatic heterocycles. The number of nitrogens with zero attached hydrogens (tertiary/aromatic N) is 2. The molecule has 3 aromatic rings. The molecule has 1 aliphatic carbocycles. The highest BCUT2D eigenvalue weighted by atomic mass is 35.5. The first-order chi connectivity index (χ1) is 12.8. The summed E-state index contributed by atoms with van der Waals surface area (Å²) < 4.78 is 0. The molecule has 2 heterocycles. The summed E-state index contributed by atoms with van der Waals surface area (Å²) in [6.07, 6.45) is 5.86. The largest absolute Gasteiger partial charge is 0.369 e. The van der Waals surface area contributed by atoms with Crippen LogP contribution >= 0.6 is 12.4 Å². The maximum atomic E-state index is 6.25. The lowest BCUT2D eigenvalue weighted by Crippen LogP contribution is -2.28. The van der Waals surface area contributed by atoms with E-state index in [-0.39, 0.29) is 18.4 Å². The van der Waals surface area contributed by atoms with Crippen molar-refractivity contribution in [3.63, 3.8) is 0 Å². The van der Waals surface area contributed by atoms with Crippen LogP contribution in [0.25, 0.3) is 22.0 Å². The summed E-state index contributed by atoms with van der Waals surface area (Å²) in [7, 11) is 0. The van der Waals surface area contributed by atoms with Gasteiger partial charge in [-0.3, -0.25) is 4.98 Å². The molecule has 0 radical (unpaired) electrons. The van der Waals surface area contributed by atoms with E-state index in [4.69, 9.17) is 10.7 Å². The van der Waals surface area contributed by atoms with Gasteiger partial charge < -0.3 is 10.6 Å². The van der Waals surface area contributed by atoms with Gasteiger partial charge >= 0.3 is 0 Å². The number of halogens is 1. The predicted octanol–water partition coefficient (Wildman–Crippen LogP) is 4.74. The van der Waals surface area contributed by atoms with Gasteiger partial charge in [-0.1, -0.05) is 36.4 Å². The maximum Gasteiger partial charge on any atom is 0.0726 e. The van der Waals surface area contributed by atoms with Crippen LogP contribution in [0, 0.1) is 0 Å². The van der Waals surface area contributed by atoms with E-state index in [0.717, 1.165) is 37.9 Å². The molecule has 0 unspecified atom stereocenters. The molecule has 2 aliphatic rings. The van der Waals surface area contributed by atoms with Crippen LogP contribution in [0.5, 0.6) is 0 Å². The monoisotopic (exact) mass is 379 g/mol. The van der Waals surface area contributed by atoms with Gasteiger partial charge in [-0.25, -0.2) is 0 Å². The van der Waals surface area contributed by atoms with Gasteiger partial charge in [-0.05, 0) is 60.9 Å². The highest BCUT2D eigenvalue weighted by molar-refractivity contribution is 5.97. The molecule has 1 aromatic heterocycles. The van der Waals surface area contributed by atoms with Crippen LogP contribution in [0.4, 0.5) is 5.69 Å². The number of aromatic nitrogens is 1. The third kappa shape index (κ3) is 3.30. The van der Waals surface area contributed by atoms with Crippen molar-refractivity contribution in [2.24, 2.45) is 5.73 Å². The zero-order chi connectivity index (χ0) is 17.5. The Morgan fingerprint density at radius 2 is 1.78 bits per heavy atom. The lowest BCUT2D eigenvalue weighted by Gasteiger charge is -2.28. The fraction of sp³-hybridized carbons (Fsp3) is 0.348. The molecule has 2 N–H and O–H groups in total. The van der Waals surface area contributed by atoms with Gasteiger partial charge in [-0.2, -0.15) is 0 Å². The Hall–Kier alpha value is -2.10. The number of pyridine rings is 1. The van der Waals surface area contributed by atoms with Crippen LogP contribution in [-0.2, 0) is 12.8 Å². The number of nitrogens with two attached hydrogens (primary N) is 1. The Kier molecular flexibility index (Phi) is 5.07. The molecular formula is C23H26ClN3. The number of rotatable bonds is 2. The van der Waals surface area contributed by atoms with Crippen LogP contribution in [-0.4, -0.2) is 24.1 Å². The number of aryl methyl sites for hydroxylation is 1. The van der Waals surface area contributed by atoms with Crippen molar-refractivity contribution in [3.8, 4) is 11.1 Å². The van der Waals surface area contributed by atoms with Gasteiger partial charge in [0.05, 0.1) is 11.2 Å². The third-order valence-corrected chi connectivity index (χ3v) is 5.88. The van der Waals surface area contributed by atoms with Crippen molar-refractivity contribution >= 4 is 29.0 Å². The molecule has 1 fully saturated rings. The molecule has 5 rings (SSSR count). The normalized spacial score (nSPS) is 19.0. The Morgan fingerprint density at radius 3 is 2.56 bits per heavy atom. The standard InChI is InChI=1S/C23H25N3.ClH/c24-18-12-13-26(15-18)23-19-8-4-5-9-21(19)25-22-11-10-17(14-20(22)23)16-6-2-1-3-7-16;/h1-3,6-7,10-11,14,18H,4-5,8-9,12-13,15,24H2;1H/t18-;/m0./s1. The lowest BCUT2D eigenvalue weighted by molar-refractivity contribution is 0.668. The second-order valence-electron chi connectivity index (χ2n) is 7.69.